The molecule has 0 aliphatic carbocycles. The van der Waals surface area contributed by atoms with Crippen molar-refractivity contribution < 1.29 is 4.42 Å². The molecule has 3 heterocycles. The van der Waals surface area contributed by atoms with Gasteiger partial charge in [0, 0.05) is 62.0 Å². The molecule has 5 nitrogen and oxygen atoms in total. The van der Waals surface area contributed by atoms with Crippen molar-refractivity contribution in [3.05, 3.63) is 41.2 Å². The summed E-state index contributed by atoms with van der Waals surface area (Å²) in [5.74, 6) is 3.34. The van der Waals surface area contributed by atoms with Gasteiger partial charge in [-0.25, -0.2) is 9.97 Å². The van der Waals surface area contributed by atoms with Gasteiger partial charge in [-0.05, 0) is 19.9 Å². The second kappa shape index (κ2) is 7.34. The van der Waals surface area contributed by atoms with E-state index in [1.165, 1.54) is 11.3 Å². The first-order valence-corrected chi connectivity index (χ1v) is 9.01. The number of furan rings is 1. The molecule has 0 atom stereocenters. The molecule has 5 heteroatoms. The number of aromatic nitrogens is 2. The smallest absolute Gasteiger partial charge is 0.195 e. The lowest BCUT2D eigenvalue weighted by atomic mass is 10.1. The largest absolute Gasteiger partial charge is 0.444 e. The number of fused-ring (bicyclic) bond motifs is 1. The molecule has 0 bridgehead atoms. The maximum atomic E-state index is 6.02. The van der Waals surface area contributed by atoms with E-state index in [1.54, 1.807) is 0 Å². The number of nitrogens with zero attached hydrogens (tertiary/aromatic N) is 4. The highest BCUT2D eigenvalue weighted by Crippen LogP contribution is 2.23. The van der Waals surface area contributed by atoms with Crippen molar-refractivity contribution in [2.24, 2.45) is 0 Å². The second-order valence-electron chi connectivity index (χ2n) is 6.73. The zero-order valence-corrected chi connectivity index (χ0v) is 15.2. The van der Waals surface area contributed by atoms with E-state index < -0.39 is 0 Å². The predicted octanol–water partition coefficient (Wildman–Crippen LogP) is 3.60. The highest BCUT2D eigenvalue weighted by molar-refractivity contribution is 5.36. The quantitative estimate of drug-likeness (QED) is 0.811. The zero-order chi connectivity index (χ0) is 17.1. The molecule has 0 N–H and O–H groups in total. The van der Waals surface area contributed by atoms with Gasteiger partial charge in [-0.1, -0.05) is 13.8 Å². The Balaban J connectivity index is 1.66. The molecule has 0 unspecified atom stereocenters. The van der Waals surface area contributed by atoms with Crippen molar-refractivity contribution >= 4 is 5.88 Å². The molecule has 2 aromatic heterocycles. The standard InChI is InChI=1S/C19H28N4O/c1-5-23(6-2)18-8-7-16(24-18)13-22-10-9-17-15(12-22)11-20-19(21-17)14(3)4/h7-8,11,14H,5-6,9-10,12-13H2,1-4H3. The van der Waals surface area contributed by atoms with Gasteiger partial charge in [0.2, 0.25) is 0 Å². The van der Waals surface area contributed by atoms with Gasteiger partial charge in [-0.2, -0.15) is 0 Å². The van der Waals surface area contributed by atoms with Crippen LogP contribution in [-0.2, 0) is 19.5 Å². The van der Waals surface area contributed by atoms with Crippen LogP contribution in [0.2, 0.25) is 0 Å². The maximum absolute atomic E-state index is 6.02. The summed E-state index contributed by atoms with van der Waals surface area (Å²) in [5.41, 5.74) is 2.47. The molecule has 0 amide bonds. The number of rotatable bonds is 6. The fourth-order valence-corrected chi connectivity index (χ4v) is 3.18. The molecule has 1 aliphatic heterocycles. The highest BCUT2D eigenvalue weighted by atomic mass is 16.4. The Morgan fingerprint density at radius 3 is 2.75 bits per heavy atom. The van der Waals surface area contributed by atoms with E-state index in [1.807, 2.05) is 6.20 Å². The van der Waals surface area contributed by atoms with Crippen molar-refractivity contribution in [3.63, 3.8) is 0 Å². The molecule has 1 aliphatic rings. The van der Waals surface area contributed by atoms with E-state index in [0.29, 0.717) is 5.92 Å². The average Bonchev–Trinajstić information content (AvgIpc) is 3.03. The third kappa shape index (κ3) is 3.61. The summed E-state index contributed by atoms with van der Waals surface area (Å²) < 4.78 is 6.02. The molecular weight excluding hydrogens is 300 g/mol. The number of hydrogen-bond acceptors (Lipinski definition) is 5. The summed E-state index contributed by atoms with van der Waals surface area (Å²) in [6.45, 7) is 13.3. The van der Waals surface area contributed by atoms with Gasteiger partial charge in [0.25, 0.3) is 0 Å². The van der Waals surface area contributed by atoms with Gasteiger partial charge in [0.1, 0.15) is 11.6 Å². The van der Waals surface area contributed by atoms with Crippen LogP contribution in [0.3, 0.4) is 0 Å². The fourth-order valence-electron chi connectivity index (χ4n) is 3.18. The molecule has 3 rings (SSSR count). The Kier molecular flexibility index (Phi) is 5.19. The van der Waals surface area contributed by atoms with Crippen molar-refractivity contribution in [1.29, 1.82) is 0 Å². The van der Waals surface area contributed by atoms with Crippen LogP contribution < -0.4 is 4.90 Å². The van der Waals surface area contributed by atoms with Crippen LogP contribution >= 0.6 is 0 Å². The molecule has 0 radical (unpaired) electrons. The molecule has 130 valence electrons. The lowest BCUT2D eigenvalue weighted by molar-refractivity contribution is 0.223. The zero-order valence-electron chi connectivity index (χ0n) is 15.2. The monoisotopic (exact) mass is 328 g/mol. The summed E-state index contributed by atoms with van der Waals surface area (Å²) in [6, 6.07) is 4.18. The van der Waals surface area contributed by atoms with E-state index in [-0.39, 0.29) is 0 Å². The van der Waals surface area contributed by atoms with Crippen LogP contribution in [0.25, 0.3) is 0 Å². The average molecular weight is 328 g/mol. The molecule has 0 saturated heterocycles. The lowest BCUT2D eigenvalue weighted by Crippen LogP contribution is -2.31. The minimum absolute atomic E-state index is 0.384. The van der Waals surface area contributed by atoms with E-state index in [2.05, 4.69) is 54.6 Å². The number of anilines is 1. The van der Waals surface area contributed by atoms with Crippen LogP contribution in [0.5, 0.6) is 0 Å². The molecule has 24 heavy (non-hydrogen) atoms. The molecular formula is C19H28N4O. The molecule has 0 aromatic carbocycles. The molecule has 0 saturated carbocycles. The van der Waals surface area contributed by atoms with Gasteiger partial charge >= 0.3 is 0 Å². The highest BCUT2D eigenvalue weighted by Gasteiger charge is 2.20. The summed E-state index contributed by atoms with van der Waals surface area (Å²) in [6.07, 6.45) is 2.99. The minimum atomic E-state index is 0.384. The van der Waals surface area contributed by atoms with Crippen molar-refractivity contribution in [1.82, 2.24) is 14.9 Å². The summed E-state index contributed by atoms with van der Waals surface area (Å²) in [7, 11) is 0. The van der Waals surface area contributed by atoms with Crippen LogP contribution in [-0.4, -0.2) is 34.5 Å². The molecule has 2 aromatic rings. The van der Waals surface area contributed by atoms with Crippen LogP contribution in [0.15, 0.2) is 22.7 Å². The third-order valence-corrected chi connectivity index (χ3v) is 4.65. The van der Waals surface area contributed by atoms with E-state index in [9.17, 15) is 0 Å². The second-order valence-corrected chi connectivity index (χ2v) is 6.73. The summed E-state index contributed by atoms with van der Waals surface area (Å²) in [5, 5.41) is 0. The Hall–Kier alpha value is -1.88. The first-order valence-electron chi connectivity index (χ1n) is 9.01. The molecule has 0 fully saturated rings. The first-order chi connectivity index (χ1) is 11.6. The Bertz CT molecular complexity index is 676. The van der Waals surface area contributed by atoms with Gasteiger partial charge in [0.05, 0.1) is 6.54 Å². The third-order valence-electron chi connectivity index (χ3n) is 4.65. The van der Waals surface area contributed by atoms with E-state index >= 15 is 0 Å². The normalized spacial score (nSPS) is 14.9. The van der Waals surface area contributed by atoms with Gasteiger partial charge in [0.15, 0.2) is 5.88 Å². The van der Waals surface area contributed by atoms with Crippen LogP contribution in [0.1, 0.15) is 56.5 Å². The van der Waals surface area contributed by atoms with E-state index in [0.717, 1.165) is 56.6 Å². The van der Waals surface area contributed by atoms with Gasteiger partial charge in [-0.3, -0.25) is 4.90 Å². The van der Waals surface area contributed by atoms with E-state index in [4.69, 9.17) is 9.40 Å². The number of hydrogen-bond donors (Lipinski definition) is 0. The molecule has 0 spiro atoms. The Labute approximate surface area is 144 Å². The van der Waals surface area contributed by atoms with Gasteiger partial charge < -0.3 is 9.32 Å². The topological polar surface area (TPSA) is 45.4 Å². The Morgan fingerprint density at radius 1 is 1.25 bits per heavy atom. The minimum Gasteiger partial charge on any atom is -0.444 e. The van der Waals surface area contributed by atoms with Crippen molar-refractivity contribution in [2.45, 2.75) is 53.1 Å². The van der Waals surface area contributed by atoms with Crippen molar-refractivity contribution in [2.75, 3.05) is 24.5 Å². The van der Waals surface area contributed by atoms with Crippen LogP contribution in [0.4, 0.5) is 5.88 Å². The SMILES string of the molecule is CCN(CC)c1ccc(CN2CCc3nc(C(C)C)ncc3C2)o1. The van der Waals surface area contributed by atoms with Gasteiger partial charge in [-0.15, -0.1) is 0 Å². The fraction of sp³-hybridized carbons (Fsp3) is 0.579. The Morgan fingerprint density at radius 2 is 2.04 bits per heavy atom. The summed E-state index contributed by atoms with van der Waals surface area (Å²) in [4.78, 5) is 13.9. The summed E-state index contributed by atoms with van der Waals surface area (Å²) >= 11 is 0. The predicted molar refractivity (Wildman–Crippen MR) is 96.2 cm³/mol. The maximum Gasteiger partial charge on any atom is 0.195 e. The van der Waals surface area contributed by atoms with Crippen LogP contribution in [0, 0.1) is 0 Å². The first kappa shape index (κ1) is 17.0. The lowest BCUT2D eigenvalue weighted by Gasteiger charge is -2.27. The van der Waals surface area contributed by atoms with Crippen molar-refractivity contribution in [3.8, 4) is 0 Å².